The third kappa shape index (κ3) is 3.82. The van der Waals surface area contributed by atoms with E-state index in [1.807, 2.05) is 0 Å². The molecule has 0 unspecified atom stereocenters. The predicted molar refractivity (Wildman–Crippen MR) is 59.7 cm³/mol. The third-order valence-electron chi connectivity index (χ3n) is 2.16. The Labute approximate surface area is 93.6 Å². The van der Waals surface area contributed by atoms with Gasteiger partial charge in [-0.1, -0.05) is 18.2 Å². The van der Waals surface area contributed by atoms with Crippen LogP contribution in [0, 0.1) is 5.82 Å². The van der Waals surface area contributed by atoms with Crippen LogP contribution in [0.2, 0.25) is 0 Å². The Kier molecular flexibility index (Phi) is 4.66. The van der Waals surface area contributed by atoms with Gasteiger partial charge >= 0.3 is 5.97 Å². The van der Waals surface area contributed by atoms with Crippen molar-refractivity contribution in [2.45, 2.75) is 12.5 Å². The molecule has 0 heterocycles. The van der Waals surface area contributed by atoms with Crippen LogP contribution >= 0.6 is 0 Å². The second kappa shape index (κ2) is 6.02. The predicted octanol–water partition coefficient (Wildman–Crippen LogP) is 1.60. The molecule has 1 aromatic carbocycles. The van der Waals surface area contributed by atoms with E-state index >= 15 is 0 Å². The Morgan fingerprint density at radius 1 is 1.50 bits per heavy atom. The monoisotopic (exact) mass is 223 g/mol. The third-order valence-corrected chi connectivity index (χ3v) is 2.16. The van der Waals surface area contributed by atoms with Crippen LogP contribution in [0.4, 0.5) is 4.39 Å². The largest absolute Gasteiger partial charge is 0.480 e. The van der Waals surface area contributed by atoms with E-state index in [4.69, 9.17) is 5.11 Å². The molecule has 0 radical (unpaired) electrons. The summed E-state index contributed by atoms with van der Waals surface area (Å²) in [5.74, 6) is -1.25. The smallest absolute Gasteiger partial charge is 0.321 e. The topological polar surface area (TPSA) is 49.3 Å². The van der Waals surface area contributed by atoms with Crippen molar-refractivity contribution >= 4 is 5.97 Å². The van der Waals surface area contributed by atoms with Gasteiger partial charge in [0.1, 0.15) is 11.9 Å². The number of carboxylic acid groups (broad SMARTS) is 1. The van der Waals surface area contributed by atoms with Crippen LogP contribution in [0.1, 0.15) is 5.56 Å². The highest BCUT2D eigenvalue weighted by Crippen LogP contribution is 2.06. The van der Waals surface area contributed by atoms with Crippen LogP contribution in [0.25, 0.3) is 0 Å². The highest BCUT2D eigenvalue weighted by atomic mass is 19.1. The molecule has 86 valence electrons. The fourth-order valence-corrected chi connectivity index (χ4v) is 1.33. The Morgan fingerprint density at radius 2 is 2.12 bits per heavy atom. The zero-order chi connectivity index (χ0) is 12.0. The van der Waals surface area contributed by atoms with Crippen LogP contribution in [0.5, 0.6) is 0 Å². The van der Waals surface area contributed by atoms with Crippen molar-refractivity contribution in [3.8, 4) is 0 Å². The molecule has 0 saturated heterocycles. The molecule has 4 heteroatoms. The summed E-state index contributed by atoms with van der Waals surface area (Å²) >= 11 is 0. The van der Waals surface area contributed by atoms with E-state index in [0.29, 0.717) is 13.0 Å². The van der Waals surface area contributed by atoms with Crippen molar-refractivity contribution in [3.63, 3.8) is 0 Å². The fraction of sp³-hybridized carbons (Fsp3) is 0.250. The van der Waals surface area contributed by atoms with E-state index < -0.39 is 12.0 Å². The number of benzene rings is 1. The van der Waals surface area contributed by atoms with Gasteiger partial charge in [0, 0.05) is 6.54 Å². The highest BCUT2D eigenvalue weighted by molar-refractivity contribution is 5.73. The molecule has 16 heavy (non-hydrogen) atoms. The van der Waals surface area contributed by atoms with Gasteiger partial charge in [0.25, 0.3) is 0 Å². The Balaban J connectivity index is 2.63. The van der Waals surface area contributed by atoms with Crippen molar-refractivity contribution in [2.75, 3.05) is 6.54 Å². The van der Waals surface area contributed by atoms with Crippen LogP contribution in [0.15, 0.2) is 36.9 Å². The van der Waals surface area contributed by atoms with Crippen molar-refractivity contribution < 1.29 is 14.3 Å². The second-order valence-corrected chi connectivity index (χ2v) is 3.42. The molecule has 0 fully saturated rings. The minimum Gasteiger partial charge on any atom is -0.480 e. The minimum atomic E-state index is -0.925. The van der Waals surface area contributed by atoms with Crippen LogP contribution in [-0.4, -0.2) is 23.7 Å². The first-order valence-corrected chi connectivity index (χ1v) is 4.95. The van der Waals surface area contributed by atoms with Gasteiger partial charge in [0.2, 0.25) is 0 Å². The van der Waals surface area contributed by atoms with E-state index in [1.54, 1.807) is 18.2 Å². The minimum absolute atomic E-state index is 0.323. The molecule has 1 aromatic rings. The van der Waals surface area contributed by atoms with Crippen LogP contribution in [0.3, 0.4) is 0 Å². The Hall–Kier alpha value is -1.68. The first-order valence-electron chi connectivity index (χ1n) is 4.95. The number of halogens is 1. The molecular formula is C12H14FNO2. The summed E-state index contributed by atoms with van der Waals surface area (Å²) in [6.07, 6.45) is 1.92. The molecule has 1 rings (SSSR count). The van der Waals surface area contributed by atoms with Crippen molar-refractivity contribution in [2.24, 2.45) is 0 Å². The summed E-state index contributed by atoms with van der Waals surface area (Å²) in [4.78, 5) is 10.9. The van der Waals surface area contributed by atoms with Crippen LogP contribution < -0.4 is 5.32 Å². The Bertz CT molecular complexity index is 362. The fourth-order valence-electron chi connectivity index (χ4n) is 1.33. The van der Waals surface area contributed by atoms with E-state index in [1.165, 1.54) is 12.1 Å². The number of hydrogen-bond donors (Lipinski definition) is 2. The highest BCUT2D eigenvalue weighted by Gasteiger charge is 2.16. The maximum absolute atomic E-state index is 12.6. The summed E-state index contributed by atoms with van der Waals surface area (Å²) in [6.45, 7) is 3.93. The number of carbonyl (C=O) groups is 1. The van der Waals surface area contributed by atoms with E-state index in [9.17, 15) is 9.18 Å². The molecule has 1 atom stereocenters. The van der Waals surface area contributed by atoms with Gasteiger partial charge in [-0.3, -0.25) is 4.79 Å². The summed E-state index contributed by atoms with van der Waals surface area (Å²) in [5, 5.41) is 11.8. The molecule has 2 N–H and O–H groups in total. The number of rotatable bonds is 6. The van der Waals surface area contributed by atoms with E-state index in [0.717, 1.165) is 5.56 Å². The molecule has 0 saturated carbocycles. The van der Waals surface area contributed by atoms with Gasteiger partial charge in [-0.05, 0) is 24.1 Å². The lowest BCUT2D eigenvalue weighted by molar-refractivity contribution is -0.139. The molecule has 0 aliphatic rings. The standard InChI is InChI=1S/C12H14FNO2/c1-2-7-14-11(12(15)16)8-9-3-5-10(13)6-4-9/h2-6,11,14H,1,7-8H2,(H,15,16)/t11-/m0/s1. The maximum atomic E-state index is 12.6. The average molecular weight is 223 g/mol. The van der Waals surface area contributed by atoms with Crippen molar-refractivity contribution in [3.05, 3.63) is 48.3 Å². The first kappa shape index (κ1) is 12.4. The quantitative estimate of drug-likeness (QED) is 0.720. The number of hydrogen-bond acceptors (Lipinski definition) is 2. The van der Waals surface area contributed by atoms with Crippen molar-refractivity contribution in [1.29, 1.82) is 0 Å². The average Bonchev–Trinajstić information content (AvgIpc) is 2.26. The number of aliphatic carboxylic acids is 1. The van der Waals surface area contributed by atoms with Gasteiger partial charge < -0.3 is 10.4 Å². The molecule has 0 bridgehead atoms. The molecule has 0 aliphatic carbocycles. The molecule has 3 nitrogen and oxygen atoms in total. The van der Waals surface area contributed by atoms with Crippen LogP contribution in [-0.2, 0) is 11.2 Å². The molecular weight excluding hydrogens is 209 g/mol. The second-order valence-electron chi connectivity index (χ2n) is 3.42. The lowest BCUT2D eigenvalue weighted by atomic mass is 10.1. The zero-order valence-electron chi connectivity index (χ0n) is 8.82. The summed E-state index contributed by atoms with van der Waals surface area (Å²) in [7, 11) is 0. The SMILES string of the molecule is C=CCN[C@@H](Cc1ccc(F)cc1)C(=O)O. The molecule has 0 amide bonds. The lowest BCUT2D eigenvalue weighted by Gasteiger charge is -2.12. The van der Waals surface area contributed by atoms with Crippen molar-refractivity contribution in [1.82, 2.24) is 5.32 Å². The molecule has 0 spiro atoms. The van der Waals surface area contributed by atoms with Gasteiger partial charge in [0.15, 0.2) is 0 Å². The normalized spacial score (nSPS) is 12.1. The van der Waals surface area contributed by atoms with E-state index in [2.05, 4.69) is 11.9 Å². The molecule has 0 aliphatic heterocycles. The maximum Gasteiger partial charge on any atom is 0.321 e. The summed E-state index contributed by atoms with van der Waals surface area (Å²) in [6, 6.07) is 5.13. The van der Waals surface area contributed by atoms with Gasteiger partial charge in [0.05, 0.1) is 0 Å². The number of carboxylic acids is 1. The zero-order valence-corrected chi connectivity index (χ0v) is 8.82. The lowest BCUT2D eigenvalue weighted by Crippen LogP contribution is -2.38. The van der Waals surface area contributed by atoms with Gasteiger partial charge in [-0.15, -0.1) is 6.58 Å². The first-order chi connectivity index (χ1) is 7.63. The van der Waals surface area contributed by atoms with Gasteiger partial charge in [-0.25, -0.2) is 4.39 Å². The van der Waals surface area contributed by atoms with E-state index in [-0.39, 0.29) is 5.82 Å². The van der Waals surface area contributed by atoms with Gasteiger partial charge in [-0.2, -0.15) is 0 Å². The number of nitrogens with one attached hydrogen (secondary N) is 1. The Morgan fingerprint density at radius 3 is 2.62 bits per heavy atom. The summed E-state index contributed by atoms with van der Waals surface area (Å²) < 4.78 is 12.6. The summed E-state index contributed by atoms with van der Waals surface area (Å²) in [5.41, 5.74) is 0.783. The molecule has 0 aromatic heterocycles.